The third-order valence-corrected chi connectivity index (χ3v) is 5.08. The van der Waals surface area contributed by atoms with Crippen LogP contribution in [-0.2, 0) is 19.2 Å². The maximum Gasteiger partial charge on any atom is 0.289 e. The van der Waals surface area contributed by atoms with E-state index in [1.807, 2.05) is 20.8 Å². The smallest absolute Gasteiger partial charge is 0.289 e. The summed E-state index contributed by atoms with van der Waals surface area (Å²) >= 11 is 0. The van der Waals surface area contributed by atoms with Crippen LogP contribution in [-0.4, -0.2) is 66.7 Å². The van der Waals surface area contributed by atoms with Crippen molar-refractivity contribution in [3.63, 3.8) is 0 Å². The van der Waals surface area contributed by atoms with Crippen LogP contribution in [0.15, 0.2) is 12.7 Å². The van der Waals surface area contributed by atoms with Gasteiger partial charge < -0.3 is 20.9 Å². The van der Waals surface area contributed by atoms with E-state index in [1.165, 1.54) is 6.08 Å². The molecule has 30 heavy (non-hydrogen) atoms. The lowest BCUT2D eigenvalue weighted by atomic mass is 9.86. The van der Waals surface area contributed by atoms with Crippen LogP contribution in [0.1, 0.15) is 46.5 Å². The zero-order chi connectivity index (χ0) is 22.9. The number of rotatable bonds is 10. The van der Waals surface area contributed by atoms with Crippen LogP contribution in [0.4, 0.5) is 0 Å². The molecule has 8 heteroatoms. The van der Waals surface area contributed by atoms with Gasteiger partial charge in [-0.25, -0.2) is 0 Å². The summed E-state index contributed by atoms with van der Waals surface area (Å²) in [4.78, 5) is 52.1. The Balaban J connectivity index is 2.95. The number of likely N-dealkylation sites (N-methyl/N-ethyl adjacent to an activating group) is 1. The zero-order valence-electron chi connectivity index (χ0n) is 18.4. The molecule has 8 nitrogen and oxygen atoms in total. The van der Waals surface area contributed by atoms with E-state index in [2.05, 4.69) is 28.4 Å². The number of likely N-dealkylation sites (tertiary alicyclic amines) is 1. The lowest BCUT2D eigenvalue weighted by Crippen LogP contribution is -2.57. The number of Topliss-reactive ketones (excluding diaryl/α,β-unsaturated/α-hetero) is 1. The number of hydrogen-bond donors (Lipinski definition) is 3. The molecular weight excluding hydrogens is 384 g/mol. The Kier molecular flexibility index (Phi) is 9.73. The Morgan fingerprint density at radius 3 is 2.50 bits per heavy atom. The molecule has 0 radical (unpaired) electrons. The minimum absolute atomic E-state index is 0.142. The van der Waals surface area contributed by atoms with Gasteiger partial charge in [0.2, 0.25) is 17.6 Å². The highest BCUT2D eigenvalue weighted by molar-refractivity contribution is 6.38. The zero-order valence-corrected chi connectivity index (χ0v) is 18.4. The first-order valence-electron chi connectivity index (χ1n) is 10.2. The topological polar surface area (TPSA) is 108 Å². The summed E-state index contributed by atoms with van der Waals surface area (Å²) in [6, 6.07) is -2.18. The molecule has 1 heterocycles. The predicted octanol–water partition coefficient (Wildman–Crippen LogP) is 0.381. The molecule has 0 aromatic carbocycles. The van der Waals surface area contributed by atoms with E-state index in [9.17, 15) is 19.2 Å². The van der Waals surface area contributed by atoms with E-state index in [0.717, 1.165) is 0 Å². The Bertz CT molecular complexity index is 705. The standard InChI is InChI=1S/C22H34N4O4/c1-7-9-11-15(17(27)20(29)24-13-8-2)25-19(28)16-12-10-14-26(16)21(30)18(23-6)22(3,4)5/h1,8,15-16,18,23H,2,9-14H2,3-6H3,(H,24,29)(H,25,28). The van der Waals surface area contributed by atoms with Gasteiger partial charge in [-0.05, 0) is 31.7 Å². The molecule has 0 bridgehead atoms. The molecule has 3 atom stereocenters. The number of nitrogens with zero attached hydrogens (tertiary/aromatic N) is 1. The minimum atomic E-state index is -1.04. The molecule has 0 aromatic heterocycles. The Morgan fingerprint density at radius 2 is 1.97 bits per heavy atom. The van der Waals surface area contributed by atoms with Crippen LogP contribution in [0.5, 0.6) is 0 Å². The number of terminal acetylenes is 1. The second-order valence-electron chi connectivity index (χ2n) is 8.44. The fraction of sp³-hybridized carbons (Fsp3) is 0.636. The summed E-state index contributed by atoms with van der Waals surface area (Å²) in [6.07, 6.45) is 8.30. The summed E-state index contributed by atoms with van der Waals surface area (Å²) in [5.41, 5.74) is -0.329. The molecule has 0 aromatic rings. The van der Waals surface area contributed by atoms with E-state index in [4.69, 9.17) is 6.42 Å². The minimum Gasteiger partial charge on any atom is -0.346 e. The average molecular weight is 419 g/mol. The quantitative estimate of drug-likeness (QED) is 0.270. The van der Waals surface area contributed by atoms with E-state index < -0.39 is 35.7 Å². The molecule has 0 spiro atoms. The molecule has 1 aliphatic rings. The van der Waals surface area contributed by atoms with Crippen molar-refractivity contribution in [3.8, 4) is 12.3 Å². The van der Waals surface area contributed by atoms with Gasteiger partial charge in [-0.15, -0.1) is 18.9 Å². The Hall–Kier alpha value is -2.66. The number of carbonyl (C=O) groups is 4. The molecule has 3 unspecified atom stereocenters. The number of nitrogens with one attached hydrogen (secondary N) is 3. The van der Waals surface area contributed by atoms with Gasteiger partial charge in [0.1, 0.15) is 6.04 Å². The third kappa shape index (κ3) is 6.70. The first-order chi connectivity index (χ1) is 14.1. The molecule has 1 rings (SSSR count). The average Bonchev–Trinajstić information content (AvgIpc) is 3.17. The largest absolute Gasteiger partial charge is 0.346 e. The molecule has 1 aliphatic heterocycles. The summed E-state index contributed by atoms with van der Waals surface area (Å²) in [7, 11) is 1.72. The highest BCUT2D eigenvalue weighted by Crippen LogP contribution is 2.25. The van der Waals surface area contributed by atoms with Gasteiger partial charge >= 0.3 is 0 Å². The van der Waals surface area contributed by atoms with Gasteiger partial charge in [0.15, 0.2) is 0 Å². The molecular formula is C22H34N4O4. The van der Waals surface area contributed by atoms with Crippen molar-refractivity contribution in [2.24, 2.45) is 5.41 Å². The van der Waals surface area contributed by atoms with Crippen LogP contribution >= 0.6 is 0 Å². The van der Waals surface area contributed by atoms with Crippen molar-refractivity contribution >= 4 is 23.5 Å². The van der Waals surface area contributed by atoms with Crippen molar-refractivity contribution in [2.75, 3.05) is 20.1 Å². The van der Waals surface area contributed by atoms with E-state index in [-0.39, 0.29) is 30.7 Å². The fourth-order valence-electron chi connectivity index (χ4n) is 3.57. The van der Waals surface area contributed by atoms with Gasteiger partial charge in [0, 0.05) is 19.5 Å². The number of ketones is 1. The van der Waals surface area contributed by atoms with Crippen LogP contribution in [0.2, 0.25) is 0 Å². The number of hydrogen-bond acceptors (Lipinski definition) is 5. The molecule has 166 valence electrons. The summed E-state index contributed by atoms with van der Waals surface area (Å²) < 4.78 is 0. The summed E-state index contributed by atoms with van der Waals surface area (Å²) in [5, 5.41) is 8.10. The van der Waals surface area contributed by atoms with Gasteiger partial charge in [0.05, 0.1) is 12.1 Å². The normalized spacial score (nSPS) is 18.1. The lowest BCUT2D eigenvalue weighted by molar-refractivity contribution is -0.143. The van der Waals surface area contributed by atoms with E-state index in [0.29, 0.717) is 19.4 Å². The lowest BCUT2D eigenvalue weighted by Gasteiger charge is -2.35. The Labute approximate surface area is 179 Å². The second-order valence-corrected chi connectivity index (χ2v) is 8.44. The van der Waals surface area contributed by atoms with Crippen LogP contribution in [0, 0.1) is 17.8 Å². The van der Waals surface area contributed by atoms with Gasteiger partial charge in [0.25, 0.3) is 5.91 Å². The van der Waals surface area contributed by atoms with E-state index in [1.54, 1.807) is 11.9 Å². The summed E-state index contributed by atoms with van der Waals surface area (Å²) in [6.45, 7) is 9.95. The molecule has 3 amide bonds. The predicted molar refractivity (Wildman–Crippen MR) is 115 cm³/mol. The van der Waals surface area contributed by atoms with Crippen molar-refractivity contribution < 1.29 is 19.2 Å². The fourth-order valence-corrected chi connectivity index (χ4v) is 3.57. The molecule has 1 fully saturated rings. The maximum absolute atomic E-state index is 13.1. The number of carbonyl (C=O) groups excluding carboxylic acids is 4. The van der Waals surface area contributed by atoms with Gasteiger partial charge in [-0.2, -0.15) is 0 Å². The highest BCUT2D eigenvalue weighted by Gasteiger charge is 2.41. The summed E-state index contributed by atoms with van der Waals surface area (Å²) in [5.74, 6) is 0.247. The first-order valence-corrected chi connectivity index (χ1v) is 10.2. The maximum atomic E-state index is 13.1. The highest BCUT2D eigenvalue weighted by atomic mass is 16.2. The van der Waals surface area contributed by atoms with Crippen molar-refractivity contribution in [1.29, 1.82) is 0 Å². The van der Waals surface area contributed by atoms with Crippen LogP contribution < -0.4 is 16.0 Å². The Morgan fingerprint density at radius 1 is 1.30 bits per heavy atom. The van der Waals surface area contributed by atoms with E-state index >= 15 is 0 Å². The molecule has 1 saturated heterocycles. The van der Waals surface area contributed by atoms with Crippen LogP contribution in [0.3, 0.4) is 0 Å². The van der Waals surface area contributed by atoms with Crippen molar-refractivity contribution in [3.05, 3.63) is 12.7 Å². The van der Waals surface area contributed by atoms with Crippen molar-refractivity contribution in [2.45, 2.75) is 64.6 Å². The monoisotopic (exact) mass is 418 g/mol. The van der Waals surface area contributed by atoms with Gasteiger partial charge in [-0.1, -0.05) is 26.8 Å². The first kappa shape index (κ1) is 25.4. The molecule has 0 aliphatic carbocycles. The van der Waals surface area contributed by atoms with Crippen molar-refractivity contribution in [1.82, 2.24) is 20.9 Å². The third-order valence-electron chi connectivity index (χ3n) is 5.08. The van der Waals surface area contributed by atoms with Gasteiger partial charge in [-0.3, -0.25) is 19.2 Å². The SMILES string of the molecule is C#CCCC(NC(=O)C1CCCN1C(=O)C(NC)C(C)(C)C)C(=O)C(=O)NCC=C. The molecule has 0 saturated carbocycles. The second kappa shape index (κ2) is 11.5. The van der Waals surface area contributed by atoms with Crippen LogP contribution in [0.25, 0.3) is 0 Å². The number of amides is 3. The molecule has 3 N–H and O–H groups in total.